The number of halogens is 2. The van der Waals surface area contributed by atoms with Crippen LogP contribution < -0.4 is 15.8 Å². The van der Waals surface area contributed by atoms with Crippen molar-refractivity contribution >= 4 is 33.2 Å². The molecule has 4 nitrogen and oxygen atoms in total. The first-order valence-electron chi connectivity index (χ1n) is 6.19. The van der Waals surface area contributed by atoms with E-state index in [0.29, 0.717) is 11.4 Å². The third kappa shape index (κ3) is 4.19. The zero-order valence-corrected chi connectivity index (χ0v) is 12.9. The summed E-state index contributed by atoms with van der Waals surface area (Å²) < 4.78 is 19.4. The van der Waals surface area contributed by atoms with Crippen LogP contribution >= 0.6 is 15.9 Å². The molecule has 2 aromatic carbocycles. The van der Waals surface area contributed by atoms with E-state index in [1.165, 1.54) is 18.2 Å². The van der Waals surface area contributed by atoms with Crippen molar-refractivity contribution in [2.45, 2.75) is 6.92 Å². The number of carbonyl (C=O) groups excluding carboxylic acids is 1. The summed E-state index contributed by atoms with van der Waals surface area (Å²) >= 11 is 3.39. The van der Waals surface area contributed by atoms with Gasteiger partial charge in [-0.15, -0.1) is 0 Å². The molecule has 0 aliphatic heterocycles. The quantitative estimate of drug-likeness (QED) is 0.827. The molecule has 6 heteroatoms. The second-order valence-electron chi connectivity index (χ2n) is 4.48. The highest BCUT2D eigenvalue weighted by atomic mass is 79.9. The topological polar surface area (TPSA) is 64.3 Å². The zero-order chi connectivity index (χ0) is 15.4. The van der Waals surface area contributed by atoms with Crippen molar-refractivity contribution in [3.8, 4) is 5.75 Å². The van der Waals surface area contributed by atoms with E-state index in [0.717, 1.165) is 10.0 Å². The molecule has 0 atom stereocenters. The van der Waals surface area contributed by atoms with Gasteiger partial charge in [0.15, 0.2) is 6.61 Å². The Hall–Kier alpha value is -2.08. The fourth-order valence-corrected chi connectivity index (χ4v) is 1.92. The molecule has 2 aromatic rings. The van der Waals surface area contributed by atoms with Gasteiger partial charge in [-0.05, 0) is 48.9 Å². The number of hydrogen-bond donors (Lipinski definition) is 2. The van der Waals surface area contributed by atoms with E-state index in [9.17, 15) is 9.18 Å². The largest absolute Gasteiger partial charge is 0.484 e. The fourth-order valence-electron chi connectivity index (χ4n) is 1.67. The lowest BCUT2D eigenvalue weighted by Crippen LogP contribution is -2.20. The second-order valence-corrected chi connectivity index (χ2v) is 5.34. The SMILES string of the molecule is Cc1cc(OCC(=O)Nc2ccc(F)c(N)c2)ccc1Br. The fraction of sp³-hybridized carbons (Fsp3) is 0.133. The summed E-state index contributed by atoms with van der Waals surface area (Å²) in [5.74, 6) is -0.263. The molecule has 0 aromatic heterocycles. The molecular weight excluding hydrogens is 339 g/mol. The molecule has 0 fully saturated rings. The molecule has 2 rings (SSSR count). The zero-order valence-electron chi connectivity index (χ0n) is 11.3. The number of amides is 1. The summed E-state index contributed by atoms with van der Waals surface area (Å²) in [5.41, 5.74) is 6.85. The first kappa shape index (κ1) is 15.3. The van der Waals surface area contributed by atoms with Crippen molar-refractivity contribution < 1.29 is 13.9 Å². The lowest BCUT2D eigenvalue weighted by Gasteiger charge is -2.09. The monoisotopic (exact) mass is 352 g/mol. The number of hydrogen-bond acceptors (Lipinski definition) is 3. The molecule has 0 saturated carbocycles. The van der Waals surface area contributed by atoms with Gasteiger partial charge in [0.05, 0.1) is 5.69 Å². The predicted octanol–water partition coefficient (Wildman–Crippen LogP) is 3.50. The summed E-state index contributed by atoms with van der Waals surface area (Å²) in [6.07, 6.45) is 0. The molecule has 0 radical (unpaired) electrons. The van der Waals surface area contributed by atoms with Gasteiger partial charge in [-0.3, -0.25) is 4.79 Å². The number of nitrogens with one attached hydrogen (secondary N) is 1. The lowest BCUT2D eigenvalue weighted by atomic mass is 10.2. The van der Waals surface area contributed by atoms with E-state index in [1.54, 1.807) is 6.07 Å². The average Bonchev–Trinajstić information content (AvgIpc) is 2.44. The maximum absolute atomic E-state index is 13.0. The molecular formula is C15H14BrFN2O2. The molecule has 0 aliphatic carbocycles. The van der Waals surface area contributed by atoms with Gasteiger partial charge >= 0.3 is 0 Å². The Morgan fingerprint density at radius 1 is 1.33 bits per heavy atom. The number of benzene rings is 2. The Morgan fingerprint density at radius 3 is 2.76 bits per heavy atom. The Kier molecular flexibility index (Phi) is 4.80. The van der Waals surface area contributed by atoms with Gasteiger partial charge in [0.2, 0.25) is 0 Å². The van der Waals surface area contributed by atoms with Crippen LogP contribution in [0.15, 0.2) is 40.9 Å². The van der Waals surface area contributed by atoms with Crippen LogP contribution in [-0.2, 0) is 4.79 Å². The number of rotatable bonds is 4. The minimum atomic E-state index is -0.519. The van der Waals surface area contributed by atoms with Crippen molar-refractivity contribution in [3.63, 3.8) is 0 Å². The van der Waals surface area contributed by atoms with Crippen molar-refractivity contribution in [1.29, 1.82) is 0 Å². The maximum Gasteiger partial charge on any atom is 0.262 e. The van der Waals surface area contributed by atoms with Crippen molar-refractivity contribution in [1.82, 2.24) is 0 Å². The Morgan fingerprint density at radius 2 is 2.10 bits per heavy atom. The summed E-state index contributed by atoms with van der Waals surface area (Å²) in [6, 6.07) is 9.44. The highest BCUT2D eigenvalue weighted by molar-refractivity contribution is 9.10. The van der Waals surface area contributed by atoms with Crippen LogP contribution in [0.4, 0.5) is 15.8 Å². The average molecular weight is 353 g/mol. The molecule has 0 heterocycles. The summed E-state index contributed by atoms with van der Waals surface area (Å²) in [5, 5.41) is 2.59. The number of nitrogens with two attached hydrogens (primary N) is 1. The molecule has 21 heavy (non-hydrogen) atoms. The van der Waals surface area contributed by atoms with Crippen LogP contribution in [-0.4, -0.2) is 12.5 Å². The van der Waals surface area contributed by atoms with Gasteiger partial charge in [0.1, 0.15) is 11.6 Å². The summed E-state index contributed by atoms with van der Waals surface area (Å²) in [4.78, 5) is 11.8. The lowest BCUT2D eigenvalue weighted by molar-refractivity contribution is -0.118. The summed E-state index contributed by atoms with van der Waals surface area (Å²) in [6.45, 7) is 1.79. The van der Waals surface area contributed by atoms with Gasteiger partial charge in [-0.1, -0.05) is 15.9 Å². The number of anilines is 2. The Labute approximate surface area is 130 Å². The highest BCUT2D eigenvalue weighted by Crippen LogP contribution is 2.21. The smallest absolute Gasteiger partial charge is 0.262 e. The number of aryl methyl sites for hydroxylation is 1. The van der Waals surface area contributed by atoms with E-state index in [1.807, 2.05) is 19.1 Å². The third-order valence-electron chi connectivity index (χ3n) is 2.78. The molecule has 0 bridgehead atoms. The van der Waals surface area contributed by atoms with E-state index in [2.05, 4.69) is 21.2 Å². The van der Waals surface area contributed by atoms with Crippen molar-refractivity contribution in [3.05, 3.63) is 52.3 Å². The first-order chi connectivity index (χ1) is 9.95. The first-order valence-corrected chi connectivity index (χ1v) is 6.99. The van der Waals surface area contributed by atoms with Crippen LogP contribution in [0.2, 0.25) is 0 Å². The van der Waals surface area contributed by atoms with Gasteiger partial charge in [0, 0.05) is 10.2 Å². The molecule has 1 amide bonds. The normalized spacial score (nSPS) is 10.2. The molecule has 0 spiro atoms. The second kappa shape index (κ2) is 6.58. The molecule has 0 saturated heterocycles. The maximum atomic E-state index is 13.0. The molecule has 0 aliphatic rings. The summed E-state index contributed by atoms with van der Waals surface area (Å²) in [7, 11) is 0. The minimum absolute atomic E-state index is 0.0164. The molecule has 110 valence electrons. The van der Waals surface area contributed by atoms with Crippen molar-refractivity contribution in [2.75, 3.05) is 17.7 Å². The van der Waals surface area contributed by atoms with Crippen LogP contribution in [0, 0.1) is 12.7 Å². The minimum Gasteiger partial charge on any atom is -0.484 e. The number of ether oxygens (including phenoxy) is 1. The van der Waals surface area contributed by atoms with E-state index in [4.69, 9.17) is 10.5 Å². The van der Waals surface area contributed by atoms with Crippen molar-refractivity contribution in [2.24, 2.45) is 0 Å². The van der Waals surface area contributed by atoms with Gasteiger partial charge in [-0.25, -0.2) is 4.39 Å². The van der Waals surface area contributed by atoms with Gasteiger partial charge in [-0.2, -0.15) is 0 Å². The third-order valence-corrected chi connectivity index (χ3v) is 3.67. The van der Waals surface area contributed by atoms with E-state index in [-0.39, 0.29) is 18.2 Å². The van der Waals surface area contributed by atoms with Crippen LogP contribution in [0.25, 0.3) is 0 Å². The number of carbonyl (C=O) groups is 1. The van der Waals surface area contributed by atoms with Gasteiger partial charge in [0.25, 0.3) is 5.91 Å². The van der Waals surface area contributed by atoms with Gasteiger partial charge < -0.3 is 15.8 Å². The molecule has 0 unspecified atom stereocenters. The standard InChI is InChI=1S/C15H14BrFN2O2/c1-9-6-11(3-4-12(9)16)21-8-15(20)19-10-2-5-13(17)14(18)7-10/h2-7H,8,18H2,1H3,(H,19,20). The Balaban J connectivity index is 1.92. The van der Waals surface area contributed by atoms with E-state index < -0.39 is 5.82 Å². The highest BCUT2D eigenvalue weighted by Gasteiger charge is 2.06. The Bertz CT molecular complexity index is 677. The predicted molar refractivity (Wildman–Crippen MR) is 83.8 cm³/mol. The van der Waals surface area contributed by atoms with Crippen LogP contribution in [0.1, 0.15) is 5.56 Å². The van der Waals surface area contributed by atoms with Crippen LogP contribution in [0.3, 0.4) is 0 Å². The van der Waals surface area contributed by atoms with E-state index >= 15 is 0 Å². The van der Waals surface area contributed by atoms with Crippen LogP contribution in [0.5, 0.6) is 5.75 Å². The molecule has 3 N–H and O–H groups in total. The number of nitrogen functional groups attached to an aromatic ring is 1.